The van der Waals surface area contributed by atoms with Crippen LogP contribution in [-0.2, 0) is 0 Å². The fourth-order valence-corrected chi connectivity index (χ4v) is 0.757. The minimum Gasteiger partial charge on any atom is -0.395 e. The Morgan fingerprint density at radius 1 is 1.25 bits per heavy atom. The van der Waals surface area contributed by atoms with Crippen molar-refractivity contribution in [3.05, 3.63) is 35.4 Å². The molecule has 0 heterocycles. The summed E-state index contributed by atoms with van der Waals surface area (Å²) in [4.78, 5) is 10.1. The molecule has 16 heavy (non-hydrogen) atoms. The molecule has 0 saturated heterocycles. The van der Waals surface area contributed by atoms with Gasteiger partial charge in [-0.1, -0.05) is 43.7 Å². The number of aliphatic hydroxyl groups excluding tert-OH is 1. The lowest BCUT2D eigenvalue weighted by molar-refractivity contribution is 0.112. The molecular weight excluding hydrogens is 202 g/mol. The molecule has 1 rings (SSSR count). The van der Waals surface area contributed by atoms with Crippen LogP contribution in [-0.4, -0.2) is 31.6 Å². The monoisotopic (exact) mass is 225 g/mol. The van der Waals surface area contributed by atoms with Crippen LogP contribution in [0.15, 0.2) is 24.3 Å². The van der Waals surface area contributed by atoms with Gasteiger partial charge in [-0.15, -0.1) is 0 Å². The van der Waals surface area contributed by atoms with Crippen LogP contribution in [0.1, 0.15) is 29.8 Å². The smallest absolute Gasteiger partial charge is 0.150 e. The first kappa shape index (κ1) is 17.2. The molecule has 0 aromatic heterocycles. The number of aryl methyl sites for hydroxylation is 1. The lowest BCUT2D eigenvalue weighted by atomic mass is 10.2. The van der Waals surface area contributed by atoms with E-state index in [-0.39, 0.29) is 6.61 Å². The van der Waals surface area contributed by atoms with Crippen LogP contribution in [0.2, 0.25) is 0 Å². The molecule has 0 aliphatic carbocycles. The summed E-state index contributed by atoms with van der Waals surface area (Å²) in [5, 5.41) is 10.8. The van der Waals surface area contributed by atoms with Gasteiger partial charge in [-0.25, -0.2) is 0 Å². The molecule has 0 saturated carbocycles. The molecule has 0 spiro atoms. The van der Waals surface area contributed by atoms with Gasteiger partial charge in [0.1, 0.15) is 6.29 Å². The highest BCUT2D eigenvalue weighted by molar-refractivity contribution is 5.74. The maximum Gasteiger partial charge on any atom is 0.150 e. The van der Waals surface area contributed by atoms with Gasteiger partial charge in [-0.05, 0) is 14.0 Å². The van der Waals surface area contributed by atoms with Crippen LogP contribution < -0.4 is 5.32 Å². The molecule has 1 aromatic carbocycles. The van der Waals surface area contributed by atoms with E-state index < -0.39 is 0 Å². The number of benzene rings is 1. The number of nitrogens with one attached hydrogen (secondary N) is 1. The van der Waals surface area contributed by atoms with Gasteiger partial charge in [0.25, 0.3) is 0 Å². The molecule has 0 bridgehead atoms. The van der Waals surface area contributed by atoms with Crippen molar-refractivity contribution in [2.24, 2.45) is 0 Å². The fourth-order valence-electron chi connectivity index (χ4n) is 0.757. The van der Waals surface area contributed by atoms with Crippen molar-refractivity contribution in [3.8, 4) is 0 Å². The molecule has 2 N–H and O–H groups in total. The summed E-state index contributed by atoms with van der Waals surface area (Å²) in [6, 6.07) is 7.46. The van der Waals surface area contributed by atoms with Gasteiger partial charge in [0, 0.05) is 12.1 Å². The van der Waals surface area contributed by atoms with Crippen molar-refractivity contribution in [2.45, 2.75) is 20.8 Å². The number of likely N-dealkylation sites (N-methyl/N-ethyl adjacent to an activating group) is 1. The summed E-state index contributed by atoms with van der Waals surface area (Å²) < 4.78 is 0. The predicted molar refractivity (Wildman–Crippen MR) is 68.9 cm³/mol. The summed E-state index contributed by atoms with van der Waals surface area (Å²) in [6.07, 6.45) is 0.847. The molecule has 0 amide bonds. The van der Waals surface area contributed by atoms with Gasteiger partial charge >= 0.3 is 0 Å². The third-order valence-corrected chi connectivity index (χ3v) is 1.58. The van der Waals surface area contributed by atoms with E-state index in [2.05, 4.69) is 5.32 Å². The molecule has 0 atom stereocenters. The predicted octanol–water partition coefficient (Wildman–Crippen LogP) is 2.03. The van der Waals surface area contributed by atoms with E-state index >= 15 is 0 Å². The van der Waals surface area contributed by atoms with Gasteiger partial charge < -0.3 is 10.4 Å². The molecule has 0 radical (unpaired) electrons. The van der Waals surface area contributed by atoms with E-state index in [1.807, 2.05) is 45.0 Å². The van der Waals surface area contributed by atoms with Crippen molar-refractivity contribution in [3.63, 3.8) is 0 Å². The van der Waals surface area contributed by atoms with Crippen LogP contribution in [0, 0.1) is 6.92 Å². The second kappa shape index (κ2) is 13.8. The van der Waals surface area contributed by atoms with Crippen molar-refractivity contribution in [1.82, 2.24) is 5.32 Å². The van der Waals surface area contributed by atoms with Crippen LogP contribution in [0.3, 0.4) is 0 Å². The fraction of sp³-hybridized carbons (Fsp3) is 0.462. The molecule has 0 aliphatic heterocycles. The Labute approximate surface area is 98.5 Å². The Hall–Kier alpha value is -1.19. The number of rotatable bonds is 3. The topological polar surface area (TPSA) is 49.3 Å². The zero-order chi connectivity index (χ0) is 12.8. The van der Waals surface area contributed by atoms with Crippen LogP contribution in [0.4, 0.5) is 0 Å². The molecule has 3 nitrogen and oxygen atoms in total. The second-order valence-electron chi connectivity index (χ2n) is 2.86. The van der Waals surface area contributed by atoms with Crippen molar-refractivity contribution >= 4 is 6.29 Å². The zero-order valence-electron chi connectivity index (χ0n) is 10.7. The number of aliphatic hydroxyl groups is 1. The van der Waals surface area contributed by atoms with Crippen molar-refractivity contribution in [2.75, 3.05) is 20.2 Å². The molecule has 0 aliphatic rings. The maximum absolute atomic E-state index is 10.1. The molecule has 3 heteroatoms. The minimum atomic E-state index is 0.233. The first-order valence-electron chi connectivity index (χ1n) is 5.52. The van der Waals surface area contributed by atoms with Gasteiger partial charge in [-0.3, -0.25) is 4.79 Å². The van der Waals surface area contributed by atoms with Crippen molar-refractivity contribution < 1.29 is 9.90 Å². The molecule has 1 aromatic rings. The third kappa shape index (κ3) is 10.9. The lowest BCUT2D eigenvalue weighted by Gasteiger charge is -1.89. The van der Waals surface area contributed by atoms with Crippen LogP contribution >= 0.6 is 0 Å². The first-order chi connectivity index (χ1) is 7.74. The molecule has 0 fully saturated rings. The quantitative estimate of drug-likeness (QED) is 0.774. The van der Waals surface area contributed by atoms with E-state index in [0.29, 0.717) is 6.54 Å². The Kier molecular flexibility index (Phi) is 14.9. The summed E-state index contributed by atoms with van der Waals surface area (Å²) in [5.74, 6) is 0. The summed E-state index contributed by atoms with van der Waals surface area (Å²) >= 11 is 0. The minimum absolute atomic E-state index is 0.233. The second-order valence-corrected chi connectivity index (χ2v) is 2.86. The summed E-state index contributed by atoms with van der Waals surface area (Å²) in [6.45, 7) is 6.92. The Balaban J connectivity index is 0. The summed E-state index contributed by atoms with van der Waals surface area (Å²) in [5.41, 5.74) is 1.92. The average molecular weight is 225 g/mol. The highest BCUT2D eigenvalue weighted by atomic mass is 16.3. The largest absolute Gasteiger partial charge is 0.395 e. The van der Waals surface area contributed by atoms with Gasteiger partial charge in [0.2, 0.25) is 0 Å². The van der Waals surface area contributed by atoms with E-state index in [1.54, 1.807) is 7.05 Å². The number of carbonyl (C=O) groups excluding carboxylic acids is 1. The maximum atomic E-state index is 10.1. The zero-order valence-corrected chi connectivity index (χ0v) is 10.7. The van der Waals surface area contributed by atoms with Gasteiger partial charge in [0.15, 0.2) is 0 Å². The molecular formula is C13H23NO2. The SMILES string of the molecule is CC.CNCCO.Cc1ccc(C=O)cc1. The summed E-state index contributed by atoms with van der Waals surface area (Å²) in [7, 11) is 1.80. The number of carbonyl (C=O) groups is 1. The van der Waals surface area contributed by atoms with E-state index in [1.165, 1.54) is 5.56 Å². The Bertz CT molecular complexity index is 243. The standard InChI is InChI=1S/C8H8O.C3H9NO.C2H6/c1-7-2-4-8(6-9)5-3-7;1-4-2-3-5;1-2/h2-6H,1H3;4-5H,2-3H2,1H3;1-2H3. The van der Waals surface area contributed by atoms with Crippen molar-refractivity contribution in [1.29, 1.82) is 0 Å². The average Bonchev–Trinajstić information content (AvgIpc) is 2.34. The number of aldehydes is 1. The normalized spacial score (nSPS) is 8.06. The third-order valence-electron chi connectivity index (χ3n) is 1.58. The van der Waals surface area contributed by atoms with Crippen LogP contribution in [0.5, 0.6) is 0 Å². The van der Waals surface area contributed by atoms with Gasteiger partial charge in [-0.2, -0.15) is 0 Å². The lowest BCUT2D eigenvalue weighted by Crippen LogP contribution is -2.10. The first-order valence-corrected chi connectivity index (χ1v) is 5.52. The van der Waals surface area contributed by atoms with E-state index in [9.17, 15) is 4.79 Å². The van der Waals surface area contributed by atoms with Gasteiger partial charge in [0.05, 0.1) is 6.61 Å². The van der Waals surface area contributed by atoms with E-state index in [4.69, 9.17) is 5.11 Å². The van der Waals surface area contributed by atoms with Crippen LogP contribution in [0.25, 0.3) is 0 Å². The van der Waals surface area contributed by atoms with E-state index in [0.717, 1.165) is 11.8 Å². The Morgan fingerprint density at radius 3 is 2.00 bits per heavy atom. The molecule has 92 valence electrons. The molecule has 0 unspecified atom stereocenters. The number of hydrogen-bond donors (Lipinski definition) is 2. The number of hydrogen-bond acceptors (Lipinski definition) is 3. The highest BCUT2D eigenvalue weighted by Gasteiger charge is 1.85. The highest BCUT2D eigenvalue weighted by Crippen LogP contribution is 1.98. The Morgan fingerprint density at radius 2 is 1.75 bits per heavy atom.